The van der Waals surface area contributed by atoms with Crippen molar-refractivity contribution in [2.75, 3.05) is 6.54 Å². The van der Waals surface area contributed by atoms with E-state index in [1.807, 2.05) is 19.1 Å². The number of benzene rings is 2. The van der Waals surface area contributed by atoms with Crippen molar-refractivity contribution in [2.45, 2.75) is 13.5 Å². The third kappa shape index (κ3) is 4.04. The van der Waals surface area contributed by atoms with Crippen LogP contribution in [0.25, 0.3) is 0 Å². The Morgan fingerprint density at radius 3 is 2.67 bits per heavy atom. The Morgan fingerprint density at radius 1 is 1.14 bits per heavy atom. The number of hydrogen-bond acceptors (Lipinski definition) is 2. The fourth-order valence-electron chi connectivity index (χ4n) is 1.81. The van der Waals surface area contributed by atoms with Gasteiger partial charge in [-0.05, 0) is 36.8 Å². The van der Waals surface area contributed by atoms with E-state index in [1.165, 1.54) is 12.1 Å². The Kier molecular flexibility index (Phi) is 4.91. The summed E-state index contributed by atoms with van der Waals surface area (Å²) in [7, 11) is 0. The summed E-state index contributed by atoms with van der Waals surface area (Å²) in [5, 5.41) is 0. The van der Waals surface area contributed by atoms with Crippen LogP contribution in [0.3, 0.4) is 0 Å². The molecule has 0 atom stereocenters. The predicted molar refractivity (Wildman–Crippen MR) is 77.8 cm³/mol. The van der Waals surface area contributed by atoms with Crippen LogP contribution < -0.4 is 10.5 Å². The van der Waals surface area contributed by atoms with E-state index in [4.69, 9.17) is 10.5 Å². The van der Waals surface area contributed by atoms with Gasteiger partial charge in [-0.25, -0.2) is 8.78 Å². The summed E-state index contributed by atoms with van der Waals surface area (Å²) in [5.74, 6) is 4.99. The maximum atomic E-state index is 13.6. The molecule has 0 saturated carbocycles. The van der Waals surface area contributed by atoms with Gasteiger partial charge in [-0.3, -0.25) is 0 Å². The third-order valence-electron chi connectivity index (χ3n) is 2.86. The highest BCUT2D eigenvalue weighted by molar-refractivity contribution is 5.48. The van der Waals surface area contributed by atoms with E-state index < -0.39 is 11.6 Å². The Bertz CT molecular complexity index is 702. The van der Waals surface area contributed by atoms with Gasteiger partial charge in [0.25, 0.3) is 0 Å². The highest BCUT2D eigenvalue weighted by Crippen LogP contribution is 2.21. The molecule has 0 aliphatic heterocycles. The van der Waals surface area contributed by atoms with E-state index in [-0.39, 0.29) is 18.7 Å². The van der Waals surface area contributed by atoms with Gasteiger partial charge in [-0.2, -0.15) is 0 Å². The lowest BCUT2D eigenvalue weighted by molar-refractivity contribution is 0.298. The minimum atomic E-state index is -0.628. The van der Waals surface area contributed by atoms with Gasteiger partial charge in [0.1, 0.15) is 24.0 Å². The molecule has 0 spiro atoms. The molecule has 4 heteroatoms. The van der Waals surface area contributed by atoms with Crippen LogP contribution in [0.1, 0.15) is 16.7 Å². The Hall–Kier alpha value is -2.38. The van der Waals surface area contributed by atoms with Gasteiger partial charge in [0.15, 0.2) is 0 Å². The number of ether oxygens (including phenoxy) is 1. The molecule has 2 aromatic carbocycles. The predicted octanol–water partition coefficient (Wildman–Crippen LogP) is 3.16. The maximum Gasteiger partial charge on any atom is 0.135 e. The van der Waals surface area contributed by atoms with Crippen molar-refractivity contribution in [3.8, 4) is 17.6 Å². The molecule has 21 heavy (non-hydrogen) atoms. The molecule has 0 aliphatic rings. The maximum absolute atomic E-state index is 13.6. The minimum Gasteiger partial charge on any atom is -0.487 e. The topological polar surface area (TPSA) is 35.2 Å². The molecule has 0 unspecified atom stereocenters. The van der Waals surface area contributed by atoms with Crippen molar-refractivity contribution >= 4 is 0 Å². The van der Waals surface area contributed by atoms with Gasteiger partial charge >= 0.3 is 0 Å². The monoisotopic (exact) mass is 287 g/mol. The molecule has 0 amide bonds. The van der Waals surface area contributed by atoms with Crippen molar-refractivity contribution in [1.29, 1.82) is 0 Å². The van der Waals surface area contributed by atoms with Crippen molar-refractivity contribution in [3.05, 3.63) is 64.7 Å². The van der Waals surface area contributed by atoms with Gasteiger partial charge in [0, 0.05) is 11.6 Å². The highest BCUT2D eigenvalue weighted by Gasteiger charge is 2.07. The number of halogens is 2. The van der Waals surface area contributed by atoms with Crippen LogP contribution in [0.15, 0.2) is 36.4 Å². The quantitative estimate of drug-likeness (QED) is 0.880. The molecular weight excluding hydrogens is 272 g/mol. The molecule has 0 saturated heterocycles. The van der Waals surface area contributed by atoms with Crippen molar-refractivity contribution in [3.63, 3.8) is 0 Å². The van der Waals surface area contributed by atoms with Gasteiger partial charge < -0.3 is 10.5 Å². The fraction of sp³-hybridized carbons (Fsp3) is 0.176. The number of aryl methyl sites for hydroxylation is 1. The summed E-state index contributed by atoms with van der Waals surface area (Å²) in [6.45, 7) is 2.20. The van der Waals surface area contributed by atoms with Crippen LogP contribution in [-0.2, 0) is 6.61 Å². The zero-order valence-corrected chi connectivity index (χ0v) is 11.6. The first-order chi connectivity index (χ1) is 10.1. The highest BCUT2D eigenvalue weighted by atomic mass is 19.1. The second-order valence-corrected chi connectivity index (χ2v) is 4.53. The van der Waals surface area contributed by atoms with Gasteiger partial charge in [0.05, 0.1) is 12.1 Å². The third-order valence-corrected chi connectivity index (χ3v) is 2.86. The van der Waals surface area contributed by atoms with Gasteiger partial charge in [0.2, 0.25) is 0 Å². The Balaban J connectivity index is 2.19. The molecule has 2 N–H and O–H groups in total. The minimum absolute atomic E-state index is 0.00643. The standard InChI is InChI=1S/C17H15F2NO/c1-12-4-7-17(13(9-12)3-2-8-20)21-11-14-5-6-15(18)10-16(14)19/h4-7,9-10H,8,11,20H2,1H3. The van der Waals surface area contributed by atoms with E-state index in [2.05, 4.69) is 11.8 Å². The number of hydrogen-bond donors (Lipinski definition) is 1. The zero-order valence-electron chi connectivity index (χ0n) is 11.6. The smallest absolute Gasteiger partial charge is 0.135 e. The summed E-state index contributed by atoms with van der Waals surface area (Å²) in [6.07, 6.45) is 0. The van der Waals surface area contributed by atoms with E-state index in [9.17, 15) is 8.78 Å². The Labute approximate surface area is 122 Å². The molecule has 0 bridgehead atoms. The molecule has 0 heterocycles. The van der Waals surface area contributed by atoms with E-state index >= 15 is 0 Å². The van der Waals surface area contributed by atoms with Crippen LogP contribution >= 0.6 is 0 Å². The molecular formula is C17H15F2NO. The molecule has 0 fully saturated rings. The van der Waals surface area contributed by atoms with E-state index in [0.29, 0.717) is 11.3 Å². The Morgan fingerprint density at radius 2 is 1.95 bits per heavy atom. The first-order valence-corrected chi connectivity index (χ1v) is 6.46. The van der Waals surface area contributed by atoms with E-state index in [1.54, 1.807) is 6.07 Å². The number of nitrogens with two attached hydrogens (primary N) is 1. The summed E-state index contributed by atoms with van der Waals surface area (Å²) in [4.78, 5) is 0. The van der Waals surface area contributed by atoms with Gasteiger partial charge in [-0.1, -0.05) is 17.9 Å². The molecule has 2 nitrogen and oxygen atoms in total. The number of rotatable bonds is 3. The van der Waals surface area contributed by atoms with Crippen LogP contribution in [0, 0.1) is 30.4 Å². The normalized spacial score (nSPS) is 9.90. The molecule has 108 valence electrons. The molecule has 2 rings (SSSR count). The molecule has 0 radical (unpaired) electrons. The summed E-state index contributed by atoms with van der Waals surface area (Å²) >= 11 is 0. The van der Waals surface area contributed by atoms with Crippen LogP contribution in [0.5, 0.6) is 5.75 Å². The lowest BCUT2D eigenvalue weighted by Crippen LogP contribution is -2.01. The summed E-state index contributed by atoms with van der Waals surface area (Å²) in [5.41, 5.74) is 7.39. The average molecular weight is 287 g/mol. The largest absolute Gasteiger partial charge is 0.487 e. The lowest BCUT2D eigenvalue weighted by Gasteiger charge is -2.10. The second kappa shape index (κ2) is 6.87. The first kappa shape index (κ1) is 15.0. The van der Waals surface area contributed by atoms with Crippen LogP contribution in [-0.4, -0.2) is 6.54 Å². The SMILES string of the molecule is Cc1ccc(OCc2ccc(F)cc2F)c(C#CCN)c1. The van der Waals surface area contributed by atoms with Crippen molar-refractivity contribution in [2.24, 2.45) is 5.73 Å². The second-order valence-electron chi connectivity index (χ2n) is 4.53. The molecule has 2 aromatic rings. The van der Waals surface area contributed by atoms with Gasteiger partial charge in [-0.15, -0.1) is 0 Å². The fourth-order valence-corrected chi connectivity index (χ4v) is 1.81. The molecule has 0 aliphatic carbocycles. The first-order valence-electron chi connectivity index (χ1n) is 6.46. The van der Waals surface area contributed by atoms with Crippen LogP contribution in [0.2, 0.25) is 0 Å². The summed E-state index contributed by atoms with van der Waals surface area (Å²) < 4.78 is 32.0. The molecule has 0 aromatic heterocycles. The van der Waals surface area contributed by atoms with Crippen molar-refractivity contribution in [1.82, 2.24) is 0 Å². The van der Waals surface area contributed by atoms with Crippen molar-refractivity contribution < 1.29 is 13.5 Å². The zero-order chi connectivity index (χ0) is 15.2. The lowest BCUT2D eigenvalue weighted by atomic mass is 10.1. The van der Waals surface area contributed by atoms with E-state index in [0.717, 1.165) is 11.6 Å². The summed E-state index contributed by atoms with van der Waals surface area (Å²) in [6, 6.07) is 8.93. The van der Waals surface area contributed by atoms with Crippen LogP contribution in [0.4, 0.5) is 8.78 Å². The average Bonchev–Trinajstić information content (AvgIpc) is 2.45.